The maximum atomic E-state index is 9.40. The molecule has 0 aliphatic carbocycles. The number of aromatic nitrogens is 5. The molecule has 0 amide bonds. The van der Waals surface area contributed by atoms with E-state index in [9.17, 15) is 5.48 Å². The predicted octanol–water partition coefficient (Wildman–Crippen LogP) is 15.1. The summed E-state index contributed by atoms with van der Waals surface area (Å²) < 4.78 is 78.3. The van der Waals surface area contributed by atoms with E-state index in [1.807, 2.05) is 102 Å². The molecule has 0 aliphatic rings. The number of nitrogens with zero attached hydrogens (tertiary/aromatic N) is 5. The summed E-state index contributed by atoms with van der Waals surface area (Å²) in [6.07, 6.45) is 0. The molecule has 0 unspecified atom stereocenters. The molecule has 9 aromatic carbocycles. The van der Waals surface area contributed by atoms with E-state index in [4.69, 9.17) is 20.4 Å². The van der Waals surface area contributed by atoms with Crippen molar-refractivity contribution in [1.29, 1.82) is 0 Å². The third-order valence-electron chi connectivity index (χ3n) is 11.9. The number of rotatable bonds is 6. The lowest BCUT2D eigenvalue weighted by atomic mass is 10.0. The first kappa shape index (κ1) is 28.4. The summed E-state index contributed by atoms with van der Waals surface area (Å²) in [5.41, 5.74) is 6.92. The maximum Gasteiger partial charge on any atom is 0.238 e. The number of thiophene rings is 1. The second kappa shape index (κ2) is 14.2. The molecule has 0 spiro atoms. The summed E-state index contributed by atoms with van der Waals surface area (Å²) in [7, 11) is 0. The summed E-state index contributed by atoms with van der Waals surface area (Å²) in [6, 6.07) is 50.8. The molecule has 0 atom stereocenters. The van der Waals surface area contributed by atoms with Gasteiger partial charge in [-0.25, -0.2) is 4.98 Å². The summed E-state index contributed by atoms with van der Waals surface area (Å²) in [5.74, 6) is 0.908. The Labute approximate surface area is 377 Å². The summed E-state index contributed by atoms with van der Waals surface area (Å²) in [5, 5.41) is 4.39. The van der Waals surface area contributed by atoms with Gasteiger partial charge in [-0.05, 0) is 64.7 Å². The fourth-order valence-corrected chi connectivity index (χ4v) is 10.2. The highest BCUT2D eigenvalue weighted by Crippen LogP contribution is 2.42. The number of benzene rings is 9. The molecule has 0 saturated carbocycles. The Balaban J connectivity index is 1.11. The van der Waals surface area contributed by atoms with E-state index in [0.29, 0.717) is 28.6 Å². The first-order valence-electron chi connectivity index (χ1n) is 24.5. The minimum absolute atomic E-state index is 0.00870. The number of para-hydroxylation sites is 4. The van der Waals surface area contributed by atoms with E-state index < -0.39 is 48.3 Å². The van der Waals surface area contributed by atoms with Crippen LogP contribution in [0.4, 0.5) is 0 Å². The SMILES string of the molecule is [2H]c1c([2H])c([2H])c2c(c1[2H])c1c([2H])c([2H])c([2H])c([2H])c1n2-c1cc(-c2ccccc2)ccc1-c1nc(-c2ccc(-c3cccc4c3sc3ccccc34)cc2)nc(-n2c3ccccc3c3ccccc32)n1. The van der Waals surface area contributed by atoms with Crippen LogP contribution in [-0.2, 0) is 0 Å². The third-order valence-corrected chi connectivity index (χ3v) is 13.1. The third kappa shape index (κ3) is 5.66. The molecule has 0 radical (unpaired) electrons. The van der Waals surface area contributed by atoms with Gasteiger partial charge in [0.15, 0.2) is 11.6 Å². The van der Waals surface area contributed by atoms with Crippen molar-refractivity contribution in [2.24, 2.45) is 0 Å². The van der Waals surface area contributed by atoms with Crippen molar-refractivity contribution >= 4 is 75.1 Å². The lowest BCUT2D eigenvalue weighted by Crippen LogP contribution is -2.08. The second-order valence-corrected chi connectivity index (χ2v) is 16.4. The molecule has 0 fully saturated rings. The van der Waals surface area contributed by atoms with E-state index in [1.54, 1.807) is 11.3 Å². The van der Waals surface area contributed by atoms with Gasteiger partial charge in [-0.2, -0.15) is 9.97 Å². The summed E-state index contributed by atoms with van der Waals surface area (Å²) in [4.78, 5) is 15.8. The lowest BCUT2D eigenvalue weighted by molar-refractivity contribution is 0.952. The molecule has 4 aromatic heterocycles. The number of hydrogen-bond donors (Lipinski definition) is 0. The van der Waals surface area contributed by atoms with Crippen LogP contribution in [0.5, 0.6) is 0 Å². The highest BCUT2D eigenvalue weighted by atomic mass is 32.1. The van der Waals surface area contributed by atoms with Crippen LogP contribution in [-0.4, -0.2) is 24.1 Å². The lowest BCUT2D eigenvalue weighted by Gasteiger charge is -2.17. The fourth-order valence-electron chi connectivity index (χ4n) is 9.00. The fraction of sp³-hybridized carbons (Fsp3) is 0. The molecule has 5 nitrogen and oxygen atoms in total. The largest absolute Gasteiger partial charge is 0.308 e. The van der Waals surface area contributed by atoms with Gasteiger partial charge < -0.3 is 4.57 Å². The highest BCUT2D eigenvalue weighted by molar-refractivity contribution is 7.26. The van der Waals surface area contributed by atoms with Crippen LogP contribution in [0.2, 0.25) is 0 Å². The van der Waals surface area contributed by atoms with E-state index in [2.05, 4.69) is 66.7 Å². The zero-order valence-electron chi connectivity index (χ0n) is 41.2. The normalized spacial score (nSPS) is 13.6. The Bertz CT molecular complexity index is 4260. The zero-order chi connectivity index (χ0) is 48.4. The molecule has 0 saturated heterocycles. The highest BCUT2D eigenvalue weighted by Gasteiger charge is 2.22. The van der Waals surface area contributed by atoms with E-state index in [0.717, 1.165) is 44.1 Å². The molecule has 4 heterocycles. The van der Waals surface area contributed by atoms with Crippen LogP contribution in [0.3, 0.4) is 0 Å². The molecule has 6 heteroatoms. The van der Waals surface area contributed by atoms with Crippen molar-refractivity contribution in [2.75, 3.05) is 0 Å². The van der Waals surface area contributed by atoms with Crippen LogP contribution in [0.1, 0.15) is 11.0 Å². The number of hydrogen-bond acceptors (Lipinski definition) is 4. The van der Waals surface area contributed by atoms with Crippen molar-refractivity contribution in [3.8, 4) is 56.7 Å². The van der Waals surface area contributed by atoms with Crippen LogP contribution in [0.15, 0.2) is 212 Å². The molecule has 0 bridgehead atoms. The average molecular weight is 830 g/mol. The first-order chi connectivity index (χ1) is 34.6. The van der Waals surface area contributed by atoms with Gasteiger partial charge in [-0.3, -0.25) is 4.57 Å². The molecule has 294 valence electrons. The second-order valence-electron chi connectivity index (χ2n) is 15.4. The Morgan fingerprint density at radius 2 is 0.968 bits per heavy atom. The van der Waals surface area contributed by atoms with Gasteiger partial charge in [0.25, 0.3) is 0 Å². The molecule has 0 aliphatic heterocycles. The van der Waals surface area contributed by atoms with E-state index in [1.165, 1.54) is 24.7 Å². The summed E-state index contributed by atoms with van der Waals surface area (Å²) in [6.45, 7) is 0. The Morgan fingerprint density at radius 3 is 1.70 bits per heavy atom. The van der Waals surface area contributed by atoms with Gasteiger partial charge >= 0.3 is 0 Å². The van der Waals surface area contributed by atoms with Crippen LogP contribution < -0.4 is 0 Å². The van der Waals surface area contributed by atoms with Gasteiger partial charge in [0.2, 0.25) is 5.95 Å². The quantitative estimate of drug-likeness (QED) is 0.168. The van der Waals surface area contributed by atoms with Crippen molar-refractivity contribution in [1.82, 2.24) is 24.1 Å². The molecule has 63 heavy (non-hydrogen) atoms. The Hall–Kier alpha value is -8.19. The van der Waals surface area contributed by atoms with Crippen LogP contribution in [0, 0.1) is 0 Å². The predicted molar refractivity (Wildman–Crippen MR) is 263 cm³/mol. The first-order valence-corrected chi connectivity index (χ1v) is 21.4. The van der Waals surface area contributed by atoms with E-state index >= 15 is 0 Å². The minimum Gasteiger partial charge on any atom is -0.308 e. The zero-order valence-corrected chi connectivity index (χ0v) is 34.0. The van der Waals surface area contributed by atoms with Crippen LogP contribution in [0.25, 0.3) is 120 Å². The molecule has 13 aromatic rings. The summed E-state index contributed by atoms with van der Waals surface area (Å²) >= 11 is 1.77. The maximum absolute atomic E-state index is 9.40. The standard InChI is InChI=1S/C57H35N5S/c1-2-15-36(16-3-1)39-33-34-47(52(35-39)61-48-24-9-4-17-41(48)42-18-5-10-25-49(42)61)56-58-55(59-57(60-56)62-50-26-11-6-19-43(50)44-20-7-12-27-51(44)62)38-31-29-37(30-32-38)40-22-14-23-46-45-21-8-13-28-53(45)63-54(40)46/h1-35H/i4D,5D,9D,10D,17D,18D,24D,25D. The Kier molecular flexibility index (Phi) is 6.39. The van der Waals surface area contributed by atoms with Gasteiger partial charge in [0.05, 0.1) is 38.7 Å². The molecular weight excluding hydrogens is 787 g/mol. The Morgan fingerprint density at radius 1 is 0.381 bits per heavy atom. The molecule has 13 rings (SSSR count). The average Bonchev–Trinajstić information content (AvgIpc) is 4.10. The van der Waals surface area contributed by atoms with Gasteiger partial charge in [0.1, 0.15) is 0 Å². The van der Waals surface area contributed by atoms with Gasteiger partial charge in [0, 0.05) is 52.8 Å². The topological polar surface area (TPSA) is 48.5 Å². The van der Waals surface area contributed by atoms with Gasteiger partial charge in [-0.15, -0.1) is 11.3 Å². The van der Waals surface area contributed by atoms with Crippen LogP contribution >= 0.6 is 11.3 Å². The van der Waals surface area contributed by atoms with Crippen molar-refractivity contribution in [2.45, 2.75) is 0 Å². The molecule has 0 N–H and O–H groups in total. The molecular formula is C57H35N5S. The van der Waals surface area contributed by atoms with Crippen molar-refractivity contribution < 1.29 is 11.0 Å². The smallest absolute Gasteiger partial charge is 0.238 e. The minimum atomic E-state index is -0.517. The van der Waals surface area contributed by atoms with Gasteiger partial charge in [-0.1, -0.05) is 170 Å². The monoisotopic (exact) mass is 829 g/mol. The van der Waals surface area contributed by atoms with Crippen molar-refractivity contribution in [3.63, 3.8) is 0 Å². The number of fused-ring (bicyclic) bond motifs is 9. The van der Waals surface area contributed by atoms with Crippen molar-refractivity contribution in [3.05, 3.63) is 212 Å². The van der Waals surface area contributed by atoms with E-state index in [-0.39, 0.29) is 27.6 Å².